The Bertz CT molecular complexity index is 1000. The Balaban J connectivity index is 1.57. The first-order valence-electron chi connectivity index (χ1n) is 9.14. The van der Waals surface area contributed by atoms with Gasteiger partial charge in [-0.25, -0.2) is 4.39 Å². The van der Waals surface area contributed by atoms with Gasteiger partial charge in [-0.15, -0.1) is 0 Å². The van der Waals surface area contributed by atoms with E-state index in [1.807, 2.05) is 28.9 Å². The van der Waals surface area contributed by atoms with Gasteiger partial charge in [0.05, 0.1) is 36.0 Å². The van der Waals surface area contributed by atoms with Crippen molar-refractivity contribution in [3.63, 3.8) is 0 Å². The van der Waals surface area contributed by atoms with Crippen LogP contribution in [0.2, 0.25) is 5.02 Å². The fourth-order valence-corrected chi connectivity index (χ4v) is 3.51. The van der Waals surface area contributed by atoms with Gasteiger partial charge in [0, 0.05) is 25.0 Å². The second kappa shape index (κ2) is 8.26. The minimum absolute atomic E-state index is 0.143. The minimum atomic E-state index is -0.458. The first-order valence-corrected chi connectivity index (χ1v) is 9.51. The first kappa shape index (κ1) is 18.9. The van der Waals surface area contributed by atoms with Gasteiger partial charge >= 0.3 is 0 Å². The Labute approximate surface area is 166 Å². The van der Waals surface area contributed by atoms with E-state index >= 15 is 0 Å². The normalized spacial score (nSPS) is 15.1. The zero-order chi connectivity index (χ0) is 19.5. The summed E-state index contributed by atoms with van der Waals surface area (Å²) in [6.07, 6.45) is 0. The predicted molar refractivity (Wildman–Crippen MR) is 106 cm³/mol. The molecule has 1 fully saturated rings. The molecule has 0 unspecified atom stereocenters. The highest BCUT2D eigenvalue weighted by atomic mass is 35.5. The van der Waals surface area contributed by atoms with Crippen LogP contribution in [0.15, 0.2) is 42.5 Å². The number of morpholine rings is 1. The number of hydrogen-bond donors (Lipinski definition) is 1. The number of benzene rings is 2. The molecule has 146 valence electrons. The molecule has 0 aliphatic carbocycles. The number of amides is 1. The Hall–Kier alpha value is -2.48. The lowest BCUT2D eigenvalue weighted by atomic mass is 10.2. The molecule has 6 nitrogen and oxygen atoms in total. The average Bonchev–Trinajstić information content (AvgIpc) is 3.08. The third-order valence-corrected chi connectivity index (χ3v) is 5.10. The number of nitrogens with one attached hydrogen (secondary N) is 1. The number of aromatic nitrogens is 2. The number of para-hydroxylation sites is 1. The van der Waals surface area contributed by atoms with Gasteiger partial charge in [-0.05, 0) is 24.3 Å². The zero-order valence-electron chi connectivity index (χ0n) is 15.2. The third kappa shape index (κ3) is 4.01. The summed E-state index contributed by atoms with van der Waals surface area (Å²) in [5.74, 6) is -0.837. The molecule has 3 aromatic rings. The summed E-state index contributed by atoms with van der Waals surface area (Å²) >= 11 is 6.02. The van der Waals surface area contributed by atoms with Crippen molar-refractivity contribution in [2.75, 3.05) is 38.2 Å². The number of fused-ring (bicyclic) bond motifs is 1. The van der Waals surface area contributed by atoms with Crippen molar-refractivity contribution in [3.8, 4) is 0 Å². The Kier molecular flexibility index (Phi) is 5.57. The molecule has 0 atom stereocenters. The summed E-state index contributed by atoms with van der Waals surface area (Å²) in [6, 6.07) is 11.5. The van der Waals surface area contributed by atoms with Crippen molar-refractivity contribution in [2.24, 2.45) is 0 Å². The molecule has 1 aliphatic rings. The smallest absolute Gasteiger partial charge is 0.276 e. The summed E-state index contributed by atoms with van der Waals surface area (Å²) in [5.41, 5.74) is 1.56. The van der Waals surface area contributed by atoms with E-state index in [0.717, 1.165) is 49.8 Å². The van der Waals surface area contributed by atoms with E-state index in [0.29, 0.717) is 17.9 Å². The van der Waals surface area contributed by atoms with Crippen LogP contribution in [-0.4, -0.2) is 53.4 Å². The average molecular weight is 403 g/mol. The second-order valence-electron chi connectivity index (χ2n) is 6.62. The van der Waals surface area contributed by atoms with Gasteiger partial charge in [0.1, 0.15) is 5.82 Å². The van der Waals surface area contributed by atoms with Crippen molar-refractivity contribution >= 4 is 34.1 Å². The van der Waals surface area contributed by atoms with Crippen LogP contribution in [0, 0.1) is 5.82 Å². The van der Waals surface area contributed by atoms with Crippen molar-refractivity contribution in [1.82, 2.24) is 14.7 Å². The Morgan fingerprint density at radius 2 is 1.96 bits per heavy atom. The number of nitrogens with zero attached hydrogens (tertiary/aromatic N) is 3. The van der Waals surface area contributed by atoms with Crippen molar-refractivity contribution in [1.29, 1.82) is 0 Å². The molecule has 1 amide bonds. The molecule has 0 spiro atoms. The molecule has 8 heteroatoms. The highest BCUT2D eigenvalue weighted by molar-refractivity contribution is 6.34. The molecule has 1 aliphatic heterocycles. The standard InChI is InChI=1S/C20H20ClFN4O2/c21-16-13-14(22)5-6-17(16)23-20(27)19-15-3-1-2-4-18(15)26(24-19)8-7-25-9-11-28-12-10-25/h1-6,13H,7-12H2,(H,23,27). The van der Waals surface area contributed by atoms with Crippen LogP contribution in [0.4, 0.5) is 10.1 Å². The monoisotopic (exact) mass is 402 g/mol. The molecule has 1 saturated heterocycles. The van der Waals surface area contributed by atoms with Gasteiger partial charge in [-0.1, -0.05) is 29.8 Å². The number of halogens is 2. The van der Waals surface area contributed by atoms with Gasteiger partial charge < -0.3 is 10.1 Å². The van der Waals surface area contributed by atoms with Crippen LogP contribution in [0.3, 0.4) is 0 Å². The lowest BCUT2D eigenvalue weighted by molar-refractivity contribution is 0.0361. The van der Waals surface area contributed by atoms with Gasteiger partial charge in [-0.3, -0.25) is 14.4 Å². The molecule has 2 heterocycles. The Morgan fingerprint density at radius 3 is 2.75 bits per heavy atom. The van der Waals surface area contributed by atoms with Gasteiger partial charge in [0.2, 0.25) is 0 Å². The van der Waals surface area contributed by atoms with E-state index in [1.165, 1.54) is 12.1 Å². The molecule has 2 aromatic carbocycles. The molecular formula is C20H20ClFN4O2. The number of carbonyl (C=O) groups is 1. The van der Waals surface area contributed by atoms with Gasteiger partial charge in [0.15, 0.2) is 5.69 Å². The lowest BCUT2D eigenvalue weighted by Gasteiger charge is -2.26. The van der Waals surface area contributed by atoms with Crippen LogP contribution in [-0.2, 0) is 11.3 Å². The number of anilines is 1. The second-order valence-corrected chi connectivity index (χ2v) is 7.03. The summed E-state index contributed by atoms with van der Waals surface area (Å²) in [4.78, 5) is 15.1. The minimum Gasteiger partial charge on any atom is -0.379 e. The largest absolute Gasteiger partial charge is 0.379 e. The van der Waals surface area contributed by atoms with Crippen LogP contribution in [0.5, 0.6) is 0 Å². The molecule has 28 heavy (non-hydrogen) atoms. The van der Waals surface area contributed by atoms with Crippen molar-refractivity contribution in [3.05, 3.63) is 59.0 Å². The Morgan fingerprint density at radius 1 is 1.18 bits per heavy atom. The molecule has 1 aromatic heterocycles. The number of hydrogen-bond acceptors (Lipinski definition) is 4. The zero-order valence-corrected chi connectivity index (χ0v) is 16.0. The predicted octanol–water partition coefficient (Wildman–Crippen LogP) is 3.41. The molecule has 1 N–H and O–H groups in total. The van der Waals surface area contributed by atoms with Crippen LogP contribution < -0.4 is 5.32 Å². The van der Waals surface area contributed by atoms with Crippen LogP contribution in [0.25, 0.3) is 10.9 Å². The van der Waals surface area contributed by atoms with E-state index < -0.39 is 5.82 Å². The van der Waals surface area contributed by atoms with E-state index in [2.05, 4.69) is 15.3 Å². The SMILES string of the molecule is O=C(Nc1ccc(F)cc1Cl)c1nn(CCN2CCOCC2)c2ccccc12. The van der Waals surface area contributed by atoms with E-state index in [9.17, 15) is 9.18 Å². The maximum absolute atomic E-state index is 13.2. The van der Waals surface area contributed by atoms with Gasteiger partial charge in [0.25, 0.3) is 5.91 Å². The fraction of sp³-hybridized carbons (Fsp3) is 0.300. The summed E-state index contributed by atoms with van der Waals surface area (Å²) in [5, 5.41) is 8.18. The topological polar surface area (TPSA) is 59.4 Å². The van der Waals surface area contributed by atoms with Crippen LogP contribution in [0.1, 0.15) is 10.5 Å². The van der Waals surface area contributed by atoms with Crippen LogP contribution >= 0.6 is 11.6 Å². The van der Waals surface area contributed by atoms with E-state index in [4.69, 9.17) is 16.3 Å². The van der Waals surface area contributed by atoms with Crippen molar-refractivity contribution in [2.45, 2.75) is 6.54 Å². The van der Waals surface area contributed by atoms with E-state index in [-0.39, 0.29) is 10.9 Å². The third-order valence-electron chi connectivity index (χ3n) is 4.78. The number of ether oxygens (including phenoxy) is 1. The highest BCUT2D eigenvalue weighted by Crippen LogP contribution is 2.25. The first-order chi connectivity index (χ1) is 13.6. The lowest BCUT2D eigenvalue weighted by Crippen LogP contribution is -2.38. The number of carbonyl (C=O) groups excluding carboxylic acids is 1. The summed E-state index contributed by atoms with van der Waals surface area (Å²) in [7, 11) is 0. The highest BCUT2D eigenvalue weighted by Gasteiger charge is 2.19. The fourth-order valence-electron chi connectivity index (χ4n) is 3.30. The van der Waals surface area contributed by atoms with Gasteiger partial charge in [-0.2, -0.15) is 5.10 Å². The molecular weight excluding hydrogens is 383 g/mol. The molecule has 0 saturated carbocycles. The number of rotatable bonds is 5. The maximum atomic E-state index is 13.2. The molecule has 0 bridgehead atoms. The molecule has 0 radical (unpaired) electrons. The summed E-state index contributed by atoms with van der Waals surface area (Å²) in [6.45, 7) is 4.79. The summed E-state index contributed by atoms with van der Waals surface area (Å²) < 4.78 is 20.5. The molecule has 4 rings (SSSR count). The van der Waals surface area contributed by atoms with E-state index in [1.54, 1.807) is 0 Å². The van der Waals surface area contributed by atoms with Crippen molar-refractivity contribution < 1.29 is 13.9 Å². The quantitative estimate of drug-likeness (QED) is 0.710. The maximum Gasteiger partial charge on any atom is 0.276 e.